The summed E-state index contributed by atoms with van der Waals surface area (Å²) in [7, 11) is 0. The first-order valence-electron chi connectivity index (χ1n) is 5.63. The van der Waals surface area contributed by atoms with E-state index in [1.54, 1.807) is 6.07 Å². The van der Waals surface area contributed by atoms with Gasteiger partial charge in [0.25, 0.3) is 11.7 Å². The minimum atomic E-state index is -2.64. The molecule has 1 heterocycles. The molecule has 110 valence electrons. The van der Waals surface area contributed by atoms with Crippen molar-refractivity contribution < 1.29 is 13.6 Å². The van der Waals surface area contributed by atoms with Crippen LogP contribution in [0.4, 0.5) is 14.5 Å². The number of hydrogen-bond donors (Lipinski definition) is 1. The maximum Gasteiger partial charge on any atom is 0.289 e. The Hall–Kier alpha value is -1.37. The maximum atomic E-state index is 12.6. The summed E-state index contributed by atoms with van der Waals surface area (Å²) in [5.41, 5.74) is 0.480. The molecule has 2 rings (SSSR count). The van der Waals surface area contributed by atoms with E-state index in [0.717, 1.165) is 0 Å². The lowest BCUT2D eigenvalue weighted by atomic mass is 10.2. The van der Waals surface area contributed by atoms with Gasteiger partial charge in [-0.2, -0.15) is 8.78 Å². The first kappa shape index (κ1) is 16.0. The monoisotopic (exact) mass is 348 g/mol. The zero-order valence-corrected chi connectivity index (χ0v) is 12.6. The fourth-order valence-electron chi connectivity index (χ4n) is 1.55. The van der Waals surface area contributed by atoms with Gasteiger partial charge >= 0.3 is 0 Å². The predicted molar refractivity (Wildman–Crippen MR) is 80.5 cm³/mol. The second kappa shape index (κ2) is 7.06. The van der Waals surface area contributed by atoms with E-state index >= 15 is 0 Å². The van der Waals surface area contributed by atoms with Gasteiger partial charge in [0, 0.05) is 11.8 Å². The summed E-state index contributed by atoms with van der Waals surface area (Å²) in [6.07, 6.45) is 1.38. The number of aromatic nitrogens is 1. The lowest BCUT2D eigenvalue weighted by molar-refractivity contribution is 0.102. The number of carbonyl (C=O) groups is 1. The van der Waals surface area contributed by atoms with Crippen LogP contribution >= 0.6 is 35.0 Å². The number of nitrogens with zero attached hydrogens (tertiary/aromatic N) is 1. The molecule has 0 unspecified atom stereocenters. The number of nitrogens with one attached hydrogen (secondary N) is 1. The molecule has 1 amide bonds. The fraction of sp³-hybridized carbons (Fsp3) is 0.0769. The Kier molecular flexibility index (Phi) is 5.39. The number of rotatable bonds is 4. The Morgan fingerprint density at radius 1 is 1.29 bits per heavy atom. The van der Waals surface area contributed by atoms with Gasteiger partial charge < -0.3 is 5.32 Å². The lowest BCUT2D eigenvalue weighted by Gasteiger charge is -2.12. The smallest absolute Gasteiger partial charge is 0.289 e. The number of thioether (sulfide) groups is 1. The molecule has 1 N–H and O–H groups in total. The molecule has 0 saturated heterocycles. The van der Waals surface area contributed by atoms with E-state index in [0.29, 0.717) is 0 Å². The standard InChI is InChI=1S/C13H8Cl2F2N2OS/c14-8-2-1-3-9(11(8)21-13(16)17)19-12(20)7-4-5-18-10(15)6-7/h1-6,13H,(H,19,20). The number of halogens is 4. The molecular formula is C13H8Cl2F2N2OS. The molecular weight excluding hydrogens is 341 g/mol. The number of anilines is 1. The normalized spacial score (nSPS) is 10.7. The molecule has 21 heavy (non-hydrogen) atoms. The maximum absolute atomic E-state index is 12.6. The molecule has 0 aliphatic carbocycles. The van der Waals surface area contributed by atoms with Crippen LogP contribution in [0.25, 0.3) is 0 Å². The second-order valence-corrected chi connectivity index (χ2v) is 5.61. The molecule has 0 fully saturated rings. The van der Waals surface area contributed by atoms with Gasteiger partial charge in [0.1, 0.15) is 5.15 Å². The van der Waals surface area contributed by atoms with E-state index in [2.05, 4.69) is 10.3 Å². The van der Waals surface area contributed by atoms with Crippen molar-refractivity contribution in [1.29, 1.82) is 0 Å². The van der Waals surface area contributed by atoms with Crippen molar-refractivity contribution >= 4 is 46.6 Å². The second-order valence-electron chi connectivity index (χ2n) is 3.82. The Morgan fingerprint density at radius 2 is 2.05 bits per heavy atom. The SMILES string of the molecule is O=C(Nc1cccc(Cl)c1SC(F)F)c1ccnc(Cl)c1. The average Bonchev–Trinajstić information content (AvgIpc) is 2.42. The molecule has 0 saturated carbocycles. The van der Waals surface area contributed by atoms with Crippen LogP contribution in [0.15, 0.2) is 41.4 Å². The third-order valence-electron chi connectivity index (χ3n) is 2.41. The zero-order chi connectivity index (χ0) is 15.4. The molecule has 0 aliphatic rings. The Labute approximate surface area is 133 Å². The Balaban J connectivity index is 2.27. The molecule has 0 bridgehead atoms. The van der Waals surface area contributed by atoms with Gasteiger partial charge in [0.2, 0.25) is 0 Å². The number of pyridine rings is 1. The molecule has 2 aromatic rings. The highest BCUT2D eigenvalue weighted by atomic mass is 35.5. The van der Waals surface area contributed by atoms with Crippen LogP contribution in [0.3, 0.4) is 0 Å². The van der Waals surface area contributed by atoms with E-state index in [9.17, 15) is 13.6 Å². The minimum absolute atomic E-state index is 0.114. The van der Waals surface area contributed by atoms with Crippen molar-refractivity contribution in [2.24, 2.45) is 0 Å². The zero-order valence-electron chi connectivity index (χ0n) is 10.3. The van der Waals surface area contributed by atoms with Gasteiger partial charge in [-0.3, -0.25) is 4.79 Å². The van der Waals surface area contributed by atoms with Crippen molar-refractivity contribution in [2.75, 3.05) is 5.32 Å². The highest BCUT2D eigenvalue weighted by Gasteiger charge is 2.16. The number of carbonyl (C=O) groups excluding carboxylic acids is 1. The van der Waals surface area contributed by atoms with Crippen LogP contribution in [0.5, 0.6) is 0 Å². The van der Waals surface area contributed by atoms with Crippen molar-refractivity contribution in [1.82, 2.24) is 4.98 Å². The molecule has 1 aromatic carbocycles. The first-order valence-corrected chi connectivity index (χ1v) is 7.27. The molecule has 0 spiro atoms. The summed E-state index contributed by atoms with van der Waals surface area (Å²) in [4.78, 5) is 16.0. The molecule has 3 nitrogen and oxygen atoms in total. The van der Waals surface area contributed by atoms with Crippen LogP contribution in [0.1, 0.15) is 10.4 Å². The summed E-state index contributed by atoms with van der Waals surface area (Å²) in [6, 6.07) is 7.38. The topological polar surface area (TPSA) is 42.0 Å². The summed E-state index contributed by atoms with van der Waals surface area (Å²) in [5.74, 6) is -3.13. The average molecular weight is 349 g/mol. The molecule has 8 heteroatoms. The van der Waals surface area contributed by atoms with Crippen LogP contribution < -0.4 is 5.32 Å². The van der Waals surface area contributed by atoms with Crippen LogP contribution in [0.2, 0.25) is 10.2 Å². The summed E-state index contributed by atoms with van der Waals surface area (Å²) in [6.45, 7) is 0. The minimum Gasteiger partial charge on any atom is -0.321 e. The van der Waals surface area contributed by atoms with Crippen LogP contribution in [-0.2, 0) is 0 Å². The lowest BCUT2D eigenvalue weighted by Crippen LogP contribution is -2.13. The molecule has 1 aromatic heterocycles. The van der Waals surface area contributed by atoms with Crippen molar-refractivity contribution in [3.8, 4) is 0 Å². The van der Waals surface area contributed by atoms with E-state index in [1.807, 2.05) is 0 Å². The molecule has 0 atom stereocenters. The van der Waals surface area contributed by atoms with Crippen molar-refractivity contribution in [3.63, 3.8) is 0 Å². The largest absolute Gasteiger partial charge is 0.321 e. The summed E-state index contributed by atoms with van der Waals surface area (Å²) >= 11 is 11.9. The third kappa shape index (κ3) is 4.30. The number of benzene rings is 1. The predicted octanol–water partition coefficient (Wildman–Crippen LogP) is 4.96. The van der Waals surface area contributed by atoms with Crippen molar-refractivity contribution in [3.05, 3.63) is 52.3 Å². The van der Waals surface area contributed by atoms with E-state index in [4.69, 9.17) is 23.2 Å². The van der Waals surface area contributed by atoms with Gasteiger partial charge in [-0.05, 0) is 24.3 Å². The Bertz CT molecular complexity index is 670. The Morgan fingerprint density at radius 3 is 2.71 bits per heavy atom. The van der Waals surface area contributed by atoms with Gasteiger partial charge in [-0.25, -0.2) is 4.98 Å². The summed E-state index contributed by atoms with van der Waals surface area (Å²) in [5, 5.41) is 2.84. The fourth-order valence-corrected chi connectivity index (χ4v) is 2.64. The van der Waals surface area contributed by atoms with Crippen LogP contribution in [0, 0.1) is 0 Å². The van der Waals surface area contributed by atoms with Crippen LogP contribution in [-0.4, -0.2) is 16.6 Å². The van der Waals surface area contributed by atoms with E-state index < -0.39 is 11.7 Å². The quantitative estimate of drug-likeness (QED) is 0.627. The molecule has 0 aliphatic heterocycles. The van der Waals surface area contributed by atoms with E-state index in [-0.39, 0.29) is 38.1 Å². The highest BCUT2D eigenvalue weighted by molar-refractivity contribution is 7.99. The van der Waals surface area contributed by atoms with Crippen molar-refractivity contribution in [2.45, 2.75) is 10.7 Å². The number of alkyl halides is 2. The number of hydrogen-bond acceptors (Lipinski definition) is 3. The third-order valence-corrected chi connectivity index (χ3v) is 3.90. The van der Waals surface area contributed by atoms with Gasteiger partial charge in [0.15, 0.2) is 0 Å². The highest BCUT2D eigenvalue weighted by Crippen LogP contribution is 2.37. The number of amides is 1. The molecule has 0 radical (unpaired) electrons. The van der Waals surface area contributed by atoms with Gasteiger partial charge in [-0.15, -0.1) is 0 Å². The van der Waals surface area contributed by atoms with E-state index in [1.165, 1.54) is 30.5 Å². The van der Waals surface area contributed by atoms with Gasteiger partial charge in [0.05, 0.1) is 15.6 Å². The first-order chi connectivity index (χ1) is 9.97. The summed E-state index contributed by atoms with van der Waals surface area (Å²) < 4.78 is 25.1. The van der Waals surface area contributed by atoms with Gasteiger partial charge in [-0.1, -0.05) is 41.0 Å².